The summed E-state index contributed by atoms with van der Waals surface area (Å²) in [5.74, 6) is -5.87. The highest BCUT2D eigenvalue weighted by Crippen LogP contribution is 2.38. The van der Waals surface area contributed by atoms with Gasteiger partial charge in [-0.2, -0.15) is 0 Å². The largest absolute Gasteiger partial charge is 0.508 e. The Morgan fingerprint density at radius 3 is 2.52 bits per heavy atom. The van der Waals surface area contributed by atoms with Crippen LogP contribution in [0, 0.1) is 11.6 Å². The number of fused-ring (bicyclic) bond motifs is 2. The number of nitrogens with one attached hydrogen (secondary N) is 2. The van der Waals surface area contributed by atoms with Crippen molar-refractivity contribution in [2.75, 3.05) is 30.4 Å². The molecule has 2 unspecified atom stereocenters. The summed E-state index contributed by atoms with van der Waals surface area (Å²) in [6.07, 6.45) is 2.89. The Hall–Kier alpha value is -6.07. The van der Waals surface area contributed by atoms with Crippen LogP contribution in [0.5, 0.6) is 5.75 Å². The highest BCUT2D eigenvalue weighted by Gasteiger charge is 2.46. The summed E-state index contributed by atoms with van der Waals surface area (Å²) in [5.41, 5.74) is 1.83. The van der Waals surface area contributed by atoms with E-state index in [4.69, 9.17) is 0 Å². The number of halogens is 2. The number of carbonyl (C=O) groups is 6. The summed E-state index contributed by atoms with van der Waals surface area (Å²) in [7, 11) is 1.90. The van der Waals surface area contributed by atoms with E-state index in [0.29, 0.717) is 34.9 Å². The zero-order chi connectivity index (χ0) is 39.4. The second-order valence-corrected chi connectivity index (χ2v) is 15.2. The summed E-state index contributed by atoms with van der Waals surface area (Å²) in [4.78, 5) is 88.3. The van der Waals surface area contributed by atoms with E-state index in [1.807, 2.05) is 19.2 Å². The number of nitrogens with zero attached hydrogens (tertiary/aromatic N) is 5. The Bertz CT molecular complexity index is 2310. The van der Waals surface area contributed by atoms with Crippen LogP contribution in [0.4, 0.5) is 19.6 Å². The molecule has 0 radical (unpaired) electrons. The van der Waals surface area contributed by atoms with Gasteiger partial charge >= 0.3 is 0 Å². The monoisotopic (exact) mass is 783 g/mol. The van der Waals surface area contributed by atoms with Crippen molar-refractivity contribution in [2.45, 2.75) is 56.9 Å². The fraction of sp³-hybridized carbons (Fsp3) is 0.308. The molecule has 0 saturated carbocycles. The number of rotatable bonds is 9. The Morgan fingerprint density at radius 1 is 1.00 bits per heavy atom. The zero-order valence-corrected chi connectivity index (χ0v) is 30.8. The number of benzene rings is 3. The van der Waals surface area contributed by atoms with Crippen molar-refractivity contribution in [3.05, 3.63) is 105 Å². The van der Waals surface area contributed by atoms with Crippen LogP contribution in [0.1, 0.15) is 79.5 Å². The predicted molar refractivity (Wildman–Crippen MR) is 198 cm³/mol. The van der Waals surface area contributed by atoms with Gasteiger partial charge in [0.25, 0.3) is 23.6 Å². The molecule has 8 rings (SSSR count). The molecule has 3 aromatic carbocycles. The van der Waals surface area contributed by atoms with Gasteiger partial charge in [0.15, 0.2) is 5.13 Å². The van der Waals surface area contributed by atoms with Crippen LogP contribution in [-0.4, -0.2) is 92.5 Å². The second kappa shape index (κ2) is 14.5. The standard InChI is InChI=1S/C39H35F2N7O7S/c1-45(18-20-14-27-32(28(41)15-20)38(55)48(37(27)54)29-5-7-31(50)43-34(29)51)23-8-11-46(12-9-23)24-4-2-21-19-47(36(53)25(21)17-24)33(26-16-22(40)3-6-30(26)49)35(52)44-39-42-10-13-56-39/h2-4,6,10,13-17,23,29,33,49H,5,7-9,11-12,18-19H2,1H3,(H,42,44,52)(H,43,50,51). The maximum atomic E-state index is 15.4. The van der Waals surface area contributed by atoms with Gasteiger partial charge in [-0.25, -0.2) is 13.8 Å². The minimum absolute atomic E-state index is 0.0260. The topological polar surface area (TPSA) is 173 Å². The maximum absolute atomic E-state index is 15.4. The van der Waals surface area contributed by atoms with E-state index < -0.39 is 59.2 Å². The molecule has 2 fully saturated rings. The first-order valence-electron chi connectivity index (χ1n) is 18.0. The first kappa shape index (κ1) is 36.9. The van der Waals surface area contributed by atoms with Crippen LogP contribution < -0.4 is 15.5 Å². The minimum Gasteiger partial charge on any atom is -0.508 e. The molecule has 4 aliphatic rings. The molecular weight excluding hydrogens is 749 g/mol. The first-order chi connectivity index (χ1) is 26.9. The number of phenols is 1. The summed E-state index contributed by atoms with van der Waals surface area (Å²) in [6.45, 7) is 1.61. The number of amides is 6. The van der Waals surface area contributed by atoms with Crippen molar-refractivity contribution in [3.8, 4) is 5.75 Å². The number of hydrogen-bond donors (Lipinski definition) is 3. The van der Waals surface area contributed by atoms with E-state index >= 15 is 4.39 Å². The Balaban J connectivity index is 0.931. The number of aromatic nitrogens is 1. The van der Waals surface area contributed by atoms with E-state index in [0.717, 1.165) is 41.6 Å². The molecule has 2 atom stereocenters. The molecule has 0 aliphatic carbocycles. The third-order valence-electron chi connectivity index (χ3n) is 10.9. The zero-order valence-electron chi connectivity index (χ0n) is 30.0. The number of anilines is 2. The third-order valence-corrected chi connectivity index (χ3v) is 11.6. The summed E-state index contributed by atoms with van der Waals surface area (Å²) in [6, 6.07) is 9.07. The van der Waals surface area contributed by atoms with E-state index in [1.165, 1.54) is 34.6 Å². The Kier molecular flexibility index (Phi) is 9.58. The summed E-state index contributed by atoms with van der Waals surface area (Å²) in [5, 5.41) is 17.4. The molecule has 6 amide bonds. The van der Waals surface area contributed by atoms with E-state index in [1.54, 1.807) is 11.4 Å². The van der Waals surface area contributed by atoms with Gasteiger partial charge in [-0.15, -0.1) is 11.3 Å². The maximum Gasteiger partial charge on any atom is 0.265 e. The normalized spacial score (nSPS) is 19.1. The average Bonchev–Trinajstić information content (AvgIpc) is 3.87. The van der Waals surface area contributed by atoms with E-state index in [-0.39, 0.29) is 54.4 Å². The van der Waals surface area contributed by atoms with Crippen LogP contribution in [0.3, 0.4) is 0 Å². The molecule has 4 aromatic rings. The van der Waals surface area contributed by atoms with Gasteiger partial charge in [-0.3, -0.25) is 49.2 Å². The van der Waals surface area contributed by atoms with Crippen molar-refractivity contribution in [2.24, 2.45) is 0 Å². The smallest absolute Gasteiger partial charge is 0.265 e. The lowest BCUT2D eigenvalue weighted by Gasteiger charge is -2.38. The van der Waals surface area contributed by atoms with Crippen molar-refractivity contribution >= 4 is 57.6 Å². The fourth-order valence-electron chi connectivity index (χ4n) is 8.05. The Morgan fingerprint density at radius 2 is 1.79 bits per heavy atom. The molecule has 5 heterocycles. The molecular formula is C39H35F2N7O7S. The highest BCUT2D eigenvalue weighted by atomic mass is 32.1. The molecule has 0 spiro atoms. The molecule has 3 N–H and O–H groups in total. The number of hydrogen-bond acceptors (Lipinski definition) is 11. The second-order valence-electron chi connectivity index (χ2n) is 14.3. The molecule has 288 valence electrons. The lowest BCUT2D eigenvalue weighted by atomic mass is 10.00. The van der Waals surface area contributed by atoms with Gasteiger partial charge < -0.3 is 14.9 Å². The third kappa shape index (κ3) is 6.66. The van der Waals surface area contributed by atoms with Crippen LogP contribution in [-0.2, 0) is 27.5 Å². The van der Waals surface area contributed by atoms with Crippen LogP contribution in [0.15, 0.2) is 60.1 Å². The minimum atomic E-state index is -1.34. The highest BCUT2D eigenvalue weighted by molar-refractivity contribution is 7.13. The Labute approximate surface area is 322 Å². The van der Waals surface area contributed by atoms with Crippen molar-refractivity contribution < 1.29 is 42.7 Å². The van der Waals surface area contributed by atoms with Gasteiger partial charge in [0.05, 0.1) is 11.1 Å². The van der Waals surface area contributed by atoms with Crippen LogP contribution in [0.2, 0.25) is 0 Å². The molecule has 4 aliphatic heterocycles. The first-order valence-corrected chi connectivity index (χ1v) is 18.9. The van der Waals surface area contributed by atoms with Gasteiger partial charge in [0, 0.05) is 67.0 Å². The van der Waals surface area contributed by atoms with Crippen LogP contribution in [0.25, 0.3) is 0 Å². The number of aromatic hydroxyl groups is 1. The number of carbonyl (C=O) groups excluding carboxylic acids is 6. The number of piperidine rings is 2. The summed E-state index contributed by atoms with van der Waals surface area (Å²) >= 11 is 1.18. The van der Waals surface area contributed by atoms with Gasteiger partial charge in [0.2, 0.25) is 11.8 Å². The lowest BCUT2D eigenvalue weighted by Crippen LogP contribution is -2.54. The molecule has 17 heteroatoms. The molecule has 56 heavy (non-hydrogen) atoms. The van der Waals surface area contributed by atoms with Crippen LogP contribution >= 0.6 is 11.3 Å². The fourth-order valence-corrected chi connectivity index (χ4v) is 8.58. The summed E-state index contributed by atoms with van der Waals surface area (Å²) < 4.78 is 29.8. The van der Waals surface area contributed by atoms with Gasteiger partial charge in [-0.1, -0.05) is 6.07 Å². The van der Waals surface area contributed by atoms with Crippen molar-refractivity contribution in [3.63, 3.8) is 0 Å². The predicted octanol–water partition coefficient (Wildman–Crippen LogP) is 3.96. The molecule has 0 bridgehead atoms. The SMILES string of the molecule is CN(Cc1cc(F)c2c(c1)C(=O)N(C1CCC(=O)NC1=O)C2=O)C1CCN(c2ccc3c(c2)C(=O)N(C(C(=O)Nc2nccs2)c2cc(F)ccc2O)C3)CC1. The molecule has 14 nitrogen and oxygen atoms in total. The molecule has 1 aromatic heterocycles. The van der Waals surface area contributed by atoms with E-state index in [2.05, 4.69) is 25.4 Å². The number of thiazole rings is 1. The quantitative estimate of drug-likeness (QED) is 0.211. The van der Waals surface area contributed by atoms with Crippen molar-refractivity contribution in [1.29, 1.82) is 0 Å². The van der Waals surface area contributed by atoms with Crippen molar-refractivity contribution in [1.82, 2.24) is 25.0 Å². The van der Waals surface area contributed by atoms with Gasteiger partial charge in [0.1, 0.15) is 29.5 Å². The lowest BCUT2D eigenvalue weighted by molar-refractivity contribution is -0.136. The van der Waals surface area contributed by atoms with E-state index in [9.17, 15) is 38.3 Å². The number of phenolic OH excluding ortho intramolecular Hbond substituents is 1. The van der Waals surface area contributed by atoms with Gasteiger partial charge in [-0.05, 0) is 79.9 Å². The molecule has 2 saturated heterocycles. The average molecular weight is 784 g/mol. The number of imide groups is 2.